The van der Waals surface area contributed by atoms with Crippen LogP contribution in [0.4, 0.5) is 0 Å². The Hall–Kier alpha value is -0.363. The zero-order valence-corrected chi connectivity index (χ0v) is 22.5. The van der Waals surface area contributed by atoms with Crippen molar-refractivity contribution < 1.29 is 9.22 Å². The van der Waals surface area contributed by atoms with E-state index >= 15 is 0 Å². The summed E-state index contributed by atoms with van der Waals surface area (Å²) in [5.41, 5.74) is 1.08. The van der Waals surface area contributed by atoms with Crippen molar-refractivity contribution in [1.82, 2.24) is 4.90 Å². The van der Waals surface area contributed by atoms with Crippen molar-refractivity contribution in [3.05, 3.63) is 33.3 Å². The molecule has 0 spiro atoms. The quantitative estimate of drug-likeness (QED) is 0.388. The molecule has 168 valence electrons. The highest BCUT2D eigenvalue weighted by molar-refractivity contribution is 9.10. The highest BCUT2D eigenvalue weighted by atomic mass is 79.9. The molecule has 1 atom stereocenters. The average molecular weight is 515 g/mol. The molecule has 1 aliphatic carbocycles. The summed E-state index contributed by atoms with van der Waals surface area (Å²) in [6.45, 7) is 12.5. The van der Waals surface area contributed by atoms with Crippen LogP contribution >= 0.6 is 27.5 Å². The predicted molar refractivity (Wildman–Crippen MR) is 132 cm³/mol. The minimum atomic E-state index is -1.73. The zero-order chi connectivity index (χ0) is 22.1. The lowest BCUT2D eigenvalue weighted by Crippen LogP contribution is -2.50. The normalized spacial score (nSPS) is 26.2. The van der Waals surface area contributed by atoms with Gasteiger partial charge in [0.15, 0.2) is 8.32 Å². The van der Waals surface area contributed by atoms with Crippen LogP contribution in [-0.2, 0) is 15.6 Å². The number of benzene rings is 1. The van der Waals surface area contributed by atoms with Crippen LogP contribution in [0, 0.1) is 5.92 Å². The Morgan fingerprint density at radius 3 is 2.43 bits per heavy atom. The third kappa shape index (κ3) is 5.70. The first-order chi connectivity index (χ1) is 14.0. The molecule has 2 fully saturated rings. The summed E-state index contributed by atoms with van der Waals surface area (Å²) in [4.78, 5) is 15.5. The molecule has 0 aromatic heterocycles. The summed E-state index contributed by atoms with van der Waals surface area (Å²) >= 11 is 9.88. The molecule has 3 rings (SSSR count). The number of piperidine rings is 1. The Morgan fingerprint density at radius 2 is 1.83 bits per heavy atom. The summed E-state index contributed by atoms with van der Waals surface area (Å²) < 4.78 is 7.62. The molecule has 1 saturated carbocycles. The number of hydrogen-bond donors (Lipinski definition) is 0. The predicted octanol–water partition coefficient (Wildman–Crippen LogP) is 7.22. The molecule has 1 heterocycles. The third-order valence-corrected chi connectivity index (χ3v) is 12.8. The smallest absolute Gasteiger partial charge is 0.226 e. The number of rotatable bonds is 5. The van der Waals surface area contributed by atoms with E-state index in [0.717, 1.165) is 66.5 Å². The molecule has 30 heavy (non-hydrogen) atoms. The topological polar surface area (TPSA) is 29.5 Å². The van der Waals surface area contributed by atoms with Gasteiger partial charge in [0.05, 0.1) is 0 Å². The SMILES string of the molecule is CC(C)(C)[Si](C)(C)OC1CCC(N2CCCC(Cc3ccc(Br)cc3Cl)C2=O)CC1. The van der Waals surface area contributed by atoms with Crippen molar-refractivity contribution in [2.75, 3.05) is 6.54 Å². The van der Waals surface area contributed by atoms with Crippen molar-refractivity contribution in [2.45, 2.75) is 96.0 Å². The second kappa shape index (κ2) is 9.64. The number of carbonyl (C=O) groups is 1. The van der Waals surface area contributed by atoms with Gasteiger partial charge in [-0.05, 0) is 80.8 Å². The van der Waals surface area contributed by atoms with Crippen LogP contribution in [0.15, 0.2) is 22.7 Å². The second-order valence-corrected chi connectivity index (χ2v) is 16.7. The van der Waals surface area contributed by atoms with Crippen LogP contribution < -0.4 is 0 Å². The molecule has 1 saturated heterocycles. The first kappa shape index (κ1) is 24.3. The molecule has 3 nitrogen and oxygen atoms in total. The molecule has 2 aliphatic rings. The van der Waals surface area contributed by atoms with Gasteiger partial charge in [-0.15, -0.1) is 0 Å². The van der Waals surface area contributed by atoms with Gasteiger partial charge in [0.1, 0.15) is 0 Å². The summed E-state index contributed by atoms with van der Waals surface area (Å²) in [5.74, 6) is 0.382. The Balaban J connectivity index is 1.57. The van der Waals surface area contributed by atoms with Crippen LogP contribution in [0.1, 0.15) is 64.9 Å². The number of amides is 1. The fourth-order valence-electron chi connectivity index (χ4n) is 4.55. The highest BCUT2D eigenvalue weighted by Gasteiger charge is 2.41. The number of halogens is 2. The number of likely N-dealkylation sites (tertiary alicyclic amines) is 1. The highest BCUT2D eigenvalue weighted by Crippen LogP contribution is 2.40. The Bertz CT molecular complexity index is 756. The van der Waals surface area contributed by atoms with Gasteiger partial charge in [-0.1, -0.05) is 54.4 Å². The zero-order valence-electron chi connectivity index (χ0n) is 19.1. The van der Waals surface area contributed by atoms with Crippen LogP contribution in [0.3, 0.4) is 0 Å². The Morgan fingerprint density at radius 1 is 1.17 bits per heavy atom. The van der Waals surface area contributed by atoms with E-state index in [1.165, 1.54) is 0 Å². The van der Waals surface area contributed by atoms with Gasteiger partial charge < -0.3 is 9.33 Å². The van der Waals surface area contributed by atoms with Crippen LogP contribution in [0.5, 0.6) is 0 Å². The van der Waals surface area contributed by atoms with E-state index in [0.29, 0.717) is 18.1 Å². The lowest BCUT2D eigenvalue weighted by atomic mass is 9.86. The lowest BCUT2D eigenvalue weighted by molar-refractivity contribution is -0.142. The van der Waals surface area contributed by atoms with Gasteiger partial charge in [0, 0.05) is 34.1 Å². The maximum atomic E-state index is 13.3. The maximum Gasteiger partial charge on any atom is 0.226 e. The summed E-state index contributed by atoms with van der Waals surface area (Å²) in [6, 6.07) is 6.35. The van der Waals surface area contributed by atoms with E-state index in [-0.39, 0.29) is 11.0 Å². The van der Waals surface area contributed by atoms with Gasteiger partial charge in [-0.25, -0.2) is 0 Å². The van der Waals surface area contributed by atoms with Crippen molar-refractivity contribution in [3.63, 3.8) is 0 Å². The van der Waals surface area contributed by atoms with Gasteiger partial charge in [-0.2, -0.15) is 0 Å². The third-order valence-electron chi connectivity index (χ3n) is 7.42. The lowest BCUT2D eigenvalue weighted by Gasteiger charge is -2.44. The van der Waals surface area contributed by atoms with Gasteiger partial charge in [0.2, 0.25) is 5.91 Å². The molecule has 1 aromatic carbocycles. The van der Waals surface area contributed by atoms with Crippen molar-refractivity contribution in [2.24, 2.45) is 5.92 Å². The van der Waals surface area contributed by atoms with Gasteiger partial charge in [-0.3, -0.25) is 4.79 Å². The monoisotopic (exact) mass is 513 g/mol. The molecule has 1 amide bonds. The van der Waals surface area contributed by atoms with E-state index in [4.69, 9.17) is 16.0 Å². The van der Waals surface area contributed by atoms with E-state index in [1.807, 2.05) is 18.2 Å². The second-order valence-electron chi connectivity index (χ2n) is 10.6. The van der Waals surface area contributed by atoms with E-state index in [9.17, 15) is 4.79 Å². The van der Waals surface area contributed by atoms with E-state index in [2.05, 4.69) is 54.7 Å². The summed E-state index contributed by atoms with van der Waals surface area (Å²) in [5, 5.41) is 0.992. The molecular weight excluding hydrogens is 478 g/mol. The molecule has 1 aliphatic heterocycles. The minimum absolute atomic E-state index is 0.0543. The van der Waals surface area contributed by atoms with Crippen molar-refractivity contribution in [1.29, 1.82) is 0 Å². The Labute approximate surface area is 197 Å². The largest absolute Gasteiger partial charge is 0.414 e. The fraction of sp³-hybridized carbons (Fsp3) is 0.708. The minimum Gasteiger partial charge on any atom is -0.414 e. The number of carbonyl (C=O) groups excluding carboxylic acids is 1. The van der Waals surface area contributed by atoms with Gasteiger partial charge in [0.25, 0.3) is 0 Å². The fourth-order valence-corrected chi connectivity index (χ4v) is 6.72. The first-order valence-electron chi connectivity index (χ1n) is 11.4. The Kier molecular flexibility index (Phi) is 7.80. The van der Waals surface area contributed by atoms with E-state index < -0.39 is 8.32 Å². The van der Waals surface area contributed by atoms with Gasteiger partial charge >= 0.3 is 0 Å². The molecule has 1 aromatic rings. The average Bonchev–Trinajstić information content (AvgIpc) is 2.65. The molecule has 6 heteroatoms. The molecule has 0 radical (unpaired) electrons. The van der Waals surface area contributed by atoms with Crippen LogP contribution in [0.25, 0.3) is 0 Å². The number of hydrogen-bond acceptors (Lipinski definition) is 2. The van der Waals surface area contributed by atoms with Crippen LogP contribution in [0.2, 0.25) is 23.2 Å². The van der Waals surface area contributed by atoms with Crippen molar-refractivity contribution >= 4 is 41.8 Å². The molecule has 0 bridgehead atoms. The molecular formula is C24H37BrClNO2Si. The number of nitrogens with zero attached hydrogens (tertiary/aromatic N) is 1. The molecule has 1 unspecified atom stereocenters. The van der Waals surface area contributed by atoms with Crippen molar-refractivity contribution in [3.8, 4) is 0 Å². The maximum absolute atomic E-state index is 13.3. The van der Waals surface area contributed by atoms with E-state index in [1.54, 1.807) is 0 Å². The summed E-state index contributed by atoms with van der Waals surface area (Å²) in [6.07, 6.45) is 7.43. The first-order valence-corrected chi connectivity index (χ1v) is 15.5. The molecule has 0 N–H and O–H groups in total. The van der Waals surface area contributed by atoms with Crippen LogP contribution in [-0.4, -0.2) is 37.8 Å². The standard InChI is InChI=1S/C24H37BrClNO2Si/c1-24(2,3)30(4,5)29-21-12-10-20(11-13-21)27-14-6-7-18(23(27)28)15-17-8-9-19(25)16-22(17)26/h8-9,16,18,20-21H,6-7,10-15H2,1-5H3. The summed E-state index contributed by atoms with van der Waals surface area (Å²) in [7, 11) is -1.73.